The van der Waals surface area contributed by atoms with Gasteiger partial charge in [-0.15, -0.1) is 12.4 Å². The minimum absolute atomic E-state index is 0. The first-order valence-electron chi connectivity index (χ1n) is 10.8. The Morgan fingerprint density at radius 3 is 2.61 bits per heavy atom. The predicted octanol–water partition coefficient (Wildman–Crippen LogP) is 3.30. The van der Waals surface area contributed by atoms with Gasteiger partial charge in [0.1, 0.15) is 11.4 Å². The second-order valence-electron chi connectivity index (χ2n) is 8.68. The fourth-order valence-electron chi connectivity index (χ4n) is 4.30. The summed E-state index contributed by atoms with van der Waals surface area (Å²) in [4.78, 5) is 20.0. The number of methoxy groups -OCH3 is 1. The Morgan fingerprint density at radius 1 is 1.18 bits per heavy atom. The van der Waals surface area contributed by atoms with Crippen LogP contribution < -0.4 is 15.6 Å². The van der Waals surface area contributed by atoms with Crippen LogP contribution >= 0.6 is 12.4 Å². The first-order valence-corrected chi connectivity index (χ1v) is 10.8. The van der Waals surface area contributed by atoms with Gasteiger partial charge in [0.25, 0.3) is 5.56 Å². The Bertz CT molecular complexity index is 1300. The average Bonchev–Trinajstić information content (AvgIpc) is 3.47. The maximum Gasteiger partial charge on any atom is 0.251 e. The predicted molar refractivity (Wildman–Crippen MR) is 126 cm³/mol. The molecule has 1 aliphatic rings. The summed E-state index contributed by atoms with van der Waals surface area (Å²) in [5.74, 6) is 1.95. The maximum absolute atomic E-state index is 12.4. The van der Waals surface area contributed by atoms with Gasteiger partial charge in [0.15, 0.2) is 0 Å². The van der Waals surface area contributed by atoms with Crippen LogP contribution in [-0.4, -0.2) is 44.9 Å². The Hall–Kier alpha value is -3.17. The maximum atomic E-state index is 12.4. The highest BCUT2D eigenvalue weighted by molar-refractivity contribution is 5.85. The van der Waals surface area contributed by atoms with Crippen molar-refractivity contribution in [3.05, 3.63) is 64.0 Å². The molecule has 33 heavy (non-hydrogen) atoms. The topological polar surface area (TPSA) is 110 Å². The molecule has 9 nitrogen and oxygen atoms in total. The van der Waals surface area contributed by atoms with Gasteiger partial charge in [-0.3, -0.25) is 4.79 Å². The zero-order valence-electron chi connectivity index (χ0n) is 18.8. The SMILES string of the molecule is COc1ccc(C(C)(C)c2nc(-c3cnn4c(C5CCNCC5)cc(=O)[nH]c34)no2)cc1.Cl. The van der Waals surface area contributed by atoms with E-state index in [9.17, 15) is 4.79 Å². The van der Waals surface area contributed by atoms with Crippen LogP contribution in [0.2, 0.25) is 0 Å². The molecule has 0 radical (unpaired) electrons. The lowest BCUT2D eigenvalue weighted by molar-refractivity contribution is 0.332. The number of fused-ring (bicyclic) bond motifs is 1. The molecular formula is C23H27ClN6O3. The highest BCUT2D eigenvalue weighted by Gasteiger charge is 2.31. The van der Waals surface area contributed by atoms with Crippen molar-refractivity contribution in [1.29, 1.82) is 0 Å². The third-order valence-corrected chi connectivity index (χ3v) is 6.31. The molecule has 0 aliphatic carbocycles. The van der Waals surface area contributed by atoms with Crippen molar-refractivity contribution >= 4 is 18.1 Å². The lowest BCUT2D eigenvalue weighted by Gasteiger charge is -2.23. The van der Waals surface area contributed by atoms with Crippen molar-refractivity contribution in [3.63, 3.8) is 0 Å². The Balaban J connectivity index is 0.00000259. The van der Waals surface area contributed by atoms with E-state index in [-0.39, 0.29) is 23.9 Å². The van der Waals surface area contributed by atoms with E-state index in [1.807, 2.05) is 38.1 Å². The quantitative estimate of drug-likeness (QED) is 0.460. The van der Waals surface area contributed by atoms with Gasteiger partial charge in [0.2, 0.25) is 11.7 Å². The fraction of sp³-hybridized carbons (Fsp3) is 0.391. The Labute approximate surface area is 197 Å². The summed E-state index contributed by atoms with van der Waals surface area (Å²) in [6.45, 7) is 5.92. The molecule has 1 saturated heterocycles. The van der Waals surface area contributed by atoms with Crippen LogP contribution in [0.25, 0.3) is 17.0 Å². The molecule has 10 heteroatoms. The molecule has 5 rings (SSSR count). The van der Waals surface area contributed by atoms with Gasteiger partial charge in [-0.05, 0) is 57.5 Å². The normalized spacial score (nSPS) is 14.9. The summed E-state index contributed by atoms with van der Waals surface area (Å²) in [5, 5.41) is 12.1. The van der Waals surface area contributed by atoms with E-state index in [1.165, 1.54) is 0 Å². The second-order valence-corrected chi connectivity index (χ2v) is 8.68. The molecule has 1 aliphatic heterocycles. The monoisotopic (exact) mass is 470 g/mol. The summed E-state index contributed by atoms with van der Waals surface area (Å²) < 4.78 is 12.7. The summed E-state index contributed by atoms with van der Waals surface area (Å²) in [6.07, 6.45) is 3.62. The van der Waals surface area contributed by atoms with Crippen molar-refractivity contribution in [1.82, 2.24) is 30.1 Å². The molecule has 0 atom stereocenters. The Kier molecular flexibility index (Phi) is 6.27. The molecule has 0 bridgehead atoms. The number of aromatic amines is 1. The highest BCUT2D eigenvalue weighted by atomic mass is 35.5. The van der Waals surface area contributed by atoms with E-state index < -0.39 is 5.41 Å². The van der Waals surface area contributed by atoms with Crippen LogP contribution in [0.4, 0.5) is 0 Å². The molecule has 0 unspecified atom stereocenters. The van der Waals surface area contributed by atoms with E-state index >= 15 is 0 Å². The second kappa shape index (κ2) is 8.99. The molecule has 0 saturated carbocycles. The van der Waals surface area contributed by atoms with Crippen molar-refractivity contribution in [3.8, 4) is 17.1 Å². The molecule has 1 fully saturated rings. The lowest BCUT2D eigenvalue weighted by Crippen LogP contribution is -2.28. The third-order valence-electron chi connectivity index (χ3n) is 6.31. The molecule has 174 valence electrons. The van der Waals surface area contributed by atoms with E-state index in [4.69, 9.17) is 9.26 Å². The lowest BCUT2D eigenvalue weighted by atomic mass is 9.84. The van der Waals surface area contributed by atoms with E-state index in [2.05, 4.69) is 25.5 Å². The third kappa shape index (κ3) is 4.14. The van der Waals surface area contributed by atoms with Crippen LogP contribution in [0.5, 0.6) is 5.75 Å². The van der Waals surface area contributed by atoms with Gasteiger partial charge in [-0.1, -0.05) is 17.3 Å². The standard InChI is InChI=1S/C23H26N6O3.ClH/c1-23(2,15-4-6-16(31-3)7-5-15)22-27-20(28-32-22)17-13-25-29-18(12-19(30)26-21(17)29)14-8-10-24-11-9-14;/h4-7,12-14,24H,8-11H2,1-3H3,(H,26,30);1H. The molecular weight excluding hydrogens is 444 g/mol. The van der Waals surface area contributed by atoms with E-state index in [0.29, 0.717) is 22.9 Å². The largest absolute Gasteiger partial charge is 0.497 e. The molecule has 1 aromatic carbocycles. The summed E-state index contributed by atoms with van der Waals surface area (Å²) in [7, 11) is 1.64. The minimum atomic E-state index is -0.506. The number of hydrogen-bond donors (Lipinski definition) is 2. The number of ether oxygens (including phenoxy) is 1. The van der Waals surface area contributed by atoms with Crippen molar-refractivity contribution in [2.75, 3.05) is 20.2 Å². The number of benzene rings is 1. The number of piperidine rings is 1. The van der Waals surface area contributed by atoms with Gasteiger partial charge in [0.05, 0.1) is 30.0 Å². The number of hydrogen-bond acceptors (Lipinski definition) is 7. The molecule has 3 aromatic heterocycles. The van der Waals surface area contributed by atoms with Gasteiger partial charge < -0.3 is 19.6 Å². The zero-order valence-corrected chi connectivity index (χ0v) is 19.6. The van der Waals surface area contributed by atoms with E-state index in [1.54, 1.807) is 23.9 Å². The van der Waals surface area contributed by atoms with Gasteiger partial charge >= 0.3 is 0 Å². The minimum Gasteiger partial charge on any atom is -0.497 e. The number of halogens is 1. The fourth-order valence-corrected chi connectivity index (χ4v) is 4.30. The number of H-pyrrole nitrogens is 1. The van der Waals surface area contributed by atoms with Crippen LogP contribution in [0, 0.1) is 0 Å². The number of nitrogens with zero attached hydrogens (tertiary/aromatic N) is 4. The van der Waals surface area contributed by atoms with Crippen LogP contribution in [0.1, 0.15) is 49.8 Å². The first kappa shape index (κ1) is 23.0. The smallest absolute Gasteiger partial charge is 0.251 e. The molecule has 4 aromatic rings. The van der Waals surface area contributed by atoms with Gasteiger partial charge in [-0.2, -0.15) is 10.1 Å². The molecule has 2 N–H and O–H groups in total. The first-order chi connectivity index (χ1) is 15.5. The van der Waals surface area contributed by atoms with Crippen molar-refractivity contribution < 1.29 is 9.26 Å². The number of aromatic nitrogens is 5. The zero-order chi connectivity index (χ0) is 22.3. The van der Waals surface area contributed by atoms with Gasteiger partial charge in [0, 0.05) is 12.0 Å². The summed E-state index contributed by atoms with van der Waals surface area (Å²) >= 11 is 0. The molecule has 0 spiro atoms. The highest BCUT2D eigenvalue weighted by Crippen LogP contribution is 2.33. The molecule has 0 amide bonds. The number of nitrogens with one attached hydrogen (secondary N) is 2. The Morgan fingerprint density at radius 2 is 1.91 bits per heavy atom. The number of rotatable bonds is 5. The average molecular weight is 471 g/mol. The van der Waals surface area contributed by atoms with Gasteiger partial charge in [-0.25, -0.2) is 4.52 Å². The van der Waals surface area contributed by atoms with Crippen LogP contribution in [0.15, 0.2) is 45.8 Å². The summed E-state index contributed by atoms with van der Waals surface area (Å²) in [5.41, 5.74) is 2.50. The van der Waals surface area contributed by atoms with E-state index in [0.717, 1.165) is 42.9 Å². The van der Waals surface area contributed by atoms with Crippen molar-refractivity contribution in [2.45, 2.75) is 38.0 Å². The van der Waals surface area contributed by atoms with Crippen LogP contribution in [-0.2, 0) is 5.41 Å². The molecule has 4 heterocycles. The summed E-state index contributed by atoms with van der Waals surface area (Å²) in [6, 6.07) is 9.44. The van der Waals surface area contributed by atoms with Crippen molar-refractivity contribution in [2.24, 2.45) is 0 Å². The van der Waals surface area contributed by atoms with Crippen LogP contribution in [0.3, 0.4) is 0 Å².